The van der Waals surface area contributed by atoms with Gasteiger partial charge in [-0.05, 0) is 28.7 Å². The Labute approximate surface area is 80.2 Å². The van der Waals surface area contributed by atoms with Gasteiger partial charge in [0.15, 0.2) is 5.78 Å². The molecule has 13 heavy (non-hydrogen) atoms. The number of hydrogen-bond acceptors (Lipinski definition) is 1. The minimum atomic E-state index is 0.0231. The zero-order valence-electron chi connectivity index (χ0n) is 8.98. The molecule has 0 aromatic carbocycles. The summed E-state index contributed by atoms with van der Waals surface area (Å²) in [6.07, 6.45) is 1.08. The fourth-order valence-electron chi connectivity index (χ4n) is 3.33. The Bertz CT molecular complexity index is 296. The van der Waals surface area contributed by atoms with Crippen LogP contribution in [-0.2, 0) is 4.79 Å². The Kier molecular flexibility index (Phi) is 1.43. The molecule has 0 aliphatic heterocycles. The van der Waals surface area contributed by atoms with E-state index < -0.39 is 0 Å². The molecule has 3 aliphatic rings. The Hall–Kier alpha value is -0.590. The van der Waals surface area contributed by atoms with Crippen molar-refractivity contribution in [2.75, 3.05) is 0 Å². The summed E-state index contributed by atoms with van der Waals surface area (Å²) in [6.45, 7) is 12.7. The highest BCUT2D eigenvalue weighted by atomic mass is 16.1. The fraction of sp³-hybridized carbons (Fsp3) is 0.750. The monoisotopic (exact) mass is 178 g/mol. The molecule has 2 unspecified atom stereocenters. The molecule has 0 heterocycles. The van der Waals surface area contributed by atoms with Gasteiger partial charge < -0.3 is 0 Å². The van der Waals surface area contributed by atoms with Crippen LogP contribution in [0.25, 0.3) is 0 Å². The smallest absolute Gasteiger partial charge is 0.162 e. The largest absolute Gasteiger partial charge is 0.294 e. The Balaban J connectivity index is 2.45. The molecular weight excluding hydrogens is 160 g/mol. The molecule has 2 bridgehead atoms. The highest BCUT2D eigenvalue weighted by Crippen LogP contribution is 2.65. The number of fused-ring (bicyclic) bond motifs is 2. The molecule has 1 heteroatoms. The summed E-state index contributed by atoms with van der Waals surface area (Å²) < 4.78 is 0. The van der Waals surface area contributed by atoms with E-state index in [4.69, 9.17) is 0 Å². The van der Waals surface area contributed by atoms with Crippen LogP contribution in [0, 0.1) is 22.7 Å². The van der Waals surface area contributed by atoms with Crippen molar-refractivity contribution in [3.8, 4) is 0 Å². The lowest BCUT2D eigenvalue weighted by Crippen LogP contribution is -2.61. The van der Waals surface area contributed by atoms with E-state index in [-0.39, 0.29) is 16.7 Å². The maximum absolute atomic E-state index is 11.9. The van der Waals surface area contributed by atoms with E-state index in [1.165, 1.54) is 0 Å². The van der Waals surface area contributed by atoms with Crippen molar-refractivity contribution >= 4 is 5.78 Å². The third-order valence-electron chi connectivity index (χ3n) is 4.53. The van der Waals surface area contributed by atoms with E-state index >= 15 is 0 Å². The molecule has 3 rings (SSSR count). The van der Waals surface area contributed by atoms with Gasteiger partial charge >= 0.3 is 0 Å². The van der Waals surface area contributed by atoms with Gasteiger partial charge in [0, 0.05) is 5.92 Å². The van der Waals surface area contributed by atoms with Crippen molar-refractivity contribution in [3.05, 3.63) is 12.2 Å². The van der Waals surface area contributed by atoms with Crippen LogP contribution < -0.4 is 0 Å². The molecule has 0 N–H and O–H groups in total. The van der Waals surface area contributed by atoms with E-state index in [1.807, 2.05) is 0 Å². The van der Waals surface area contributed by atoms with Crippen molar-refractivity contribution < 1.29 is 4.79 Å². The lowest BCUT2D eigenvalue weighted by atomic mass is 9.40. The Morgan fingerprint density at radius 1 is 1.31 bits per heavy atom. The summed E-state index contributed by atoms with van der Waals surface area (Å²) in [7, 11) is 0. The van der Waals surface area contributed by atoms with Gasteiger partial charge in [-0.25, -0.2) is 0 Å². The minimum Gasteiger partial charge on any atom is -0.294 e. The minimum absolute atomic E-state index is 0.0231. The molecule has 3 fully saturated rings. The zero-order valence-corrected chi connectivity index (χ0v) is 8.98. The molecule has 0 amide bonds. The standard InChI is InChI=1S/C12H18O/c1-7-10(13)8-6-9(11(7,2)3)12(8,4)5/h8-9H,1,6H2,2-5H3. The number of Topliss-reactive ketones (excluding diaryl/α,β-unsaturated/α-hetero) is 1. The van der Waals surface area contributed by atoms with Crippen LogP contribution in [0.15, 0.2) is 12.2 Å². The number of rotatable bonds is 0. The Morgan fingerprint density at radius 3 is 2.23 bits per heavy atom. The maximum Gasteiger partial charge on any atom is 0.162 e. The van der Waals surface area contributed by atoms with Crippen LogP contribution in [0.3, 0.4) is 0 Å². The average molecular weight is 178 g/mol. The summed E-state index contributed by atoms with van der Waals surface area (Å²) in [5.41, 5.74) is 1.09. The second kappa shape index (κ2) is 2.08. The Morgan fingerprint density at radius 2 is 1.85 bits per heavy atom. The molecule has 0 saturated heterocycles. The van der Waals surface area contributed by atoms with Crippen molar-refractivity contribution in [3.63, 3.8) is 0 Å². The van der Waals surface area contributed by atoms with Crippen molar-refractivity contribution in [2.24, 2.45) is 22.7 Å². The van der Waals surface area contributed by atoms with E-state index in [0.717, 1.165) is 12.0 Å². The topological polar surface area (TPSA) is 17.1 Å². The summed E-state index contributed by atoms with van der Waals surface area (Å²) >= 11 is 0. The van der Waals surface area contributed by atoms with Gasteiger partial charge in [-0.15, -0.1) is 0 Å². The van der Waals surface area contributed by atoms with E-state index in [9.17, 15) is 4.79 Å². The number of hydrogen-bond donors (Lipinski definition) is 0. The molecule has 0 aromatic heterocycles. The first kappa shape index (κ1) is 8.98. The number of allylic oxidation sites excluding steroid dienone is 1. The average Bonchev–Trinajstić information content (AvgIpc) is 1.98. The predicted molar refractivity (Wildman–Crippen MR) is 53.3 cm³/mol. The first-order valence-corrected chi connectivity index (χ1v) is 5.03. The zero-order chi connectivity index (χ0) is 10.0. The maximum atomic E-state index is 11.9. The highest BCUT2D eigenvalue weighted by molar-refractivity contribution is 6.00. The van der Waals surface area contributed by atoms with Crippen LogP contribution in [0.2, 0.25) is 0 Å². The molecule has 0 radical (unpaired) electrons. The summed E-state index contributed by atoms with van der Waals surface area (Å²) in [6, 6.07) is 0. The molecule has 0 spiro atoms. The van der Waals surface area contributed by atoms with Gasteiger partial charge in [0.25, 0.3) is 0 Å². The van der Waals surface area contributed by atoms with Crippen molar-refractivity contribution in [2.45, 2.75) is 34.1 Å². The van der Waals surface area contributed by atoms with Crippen LogP contribution in [0.5, 0.6) is 0 Å². The van der Waals surface area contributed by atoms with E-state index in [1.54, 1.807) is 0 Å². The molecule has 2 atom stereocenters. The lowest BCUT2D eigenvalue weighted by Gasteiger charge is -2.63. The van der Waals surface area contributed by atoms with Gasteiger partial charge in [-0.2, -0.15) is 0 Å². The lowest BCUT2D eigenvalue weighted by molar-refractivity contribution is -0.156. The quantitative estimate of drug-likeness (QED) is 0.521. The van der Waals surface area contributed by atoms with Gasteiger partial charge in [0.1, 0.15) is 0 Å². The second-order valence-corrected chi connectivity index (χ2v) is 5.73. The third kappa shape index (κ3) is 0.806. The van der Waals surface area contributed by atoms with Gasteiger partial charge in [-0.1, -0.05) is 34.3 Å². The SMILES string of the molecule is C=C1C(=O)C2CC(C1(C)C)C2(C)C. The normalized spacial score (nSPS) is 40.0. The van der Waals surface area contributed by atoms with Crippen LogP contribution in [-0.4, -0.2) is 5.78 Å². The first-order valence-electron chi connectivity index (χ1n) is 5.03. The van der Waals surface area contributed by atoms with Crippen molar-refractivity contribution in [1.82, 2.24) is 0 Å². The molecular formula is C12H18O. The first-order chi connectivity index (χ1) is 5.79. The van der Waals surface area contributed by atoms with Crippen molar-refractivity contribution in [1.29, 1.82) is 0 Å². The molecule has 3 saturated carbocycles. The predicted octanol–water partition coefficient (Wildman–Crippen LogP) is 2.81. The molecule has 1 nitrogen and oxygen atoms in total. The highest BCUT2D eigenvalue weighted by Gasteiger charge is 2.63. The molecule has 0 aromatic rings. The third-order valence-corrected chi connectivity index (χ3v) is 4.53. The second-order valence-electron chi connectivity index (χ2n) is 5.73. The molecule has 72 valence electrons. The summed E-state index contributed by atoms with van der Waals surface area (Å²) in [4.78, 5) is 11.9. The number of carbonyl (C=O) groups excluding carboxylic acids is 1. The van der Waals surface area contributed by atoms with E-state index in [0.29, 0.717) is 11.7 Å². The van der Waals surface area contributed by atoms with Crippen LogP contribution in [0.1, 0.15) is 34.1 Å². The van der Waals surface area contributed by atoms with Crippen LogP contribution in [0.4, 0.5) is 0 Å². The van der Waals surface area contributed by atoms with Gasteiger partial charge in [0.2, 0.25) is 0 Å². The van der Waals surface area contributed by atoms with Crippen LogP contribution >= 0.6 is 0 Å². The number of carbonyl (C=O) groups is 1. The molecule has 3 aliphatic carbocycles. The summed E-state index contributed by atoms with van der Waals surface area (Å²) in [5, 5.41) is 0. The van der Waals surface area contributed by atoms with Gasteiger partial charge in [0.05, 0.1) is 0 Å². The van der Waals surface area contributed by atoms with E-state index in [2.05, 4.69) is 34.3 Å². The van der Waals surface area contributed by atoms with Gasteiger partial charge in [-0.3, -0.25) is 4.79 Å². The summed E-state index contributed by atoms with van der Waals surface area (Å²) in [5.74, 6) is 1.23. The fourth-order valence-corrected chi connectivity index (χ4v) is 3.33. The number of ketones is 1.